The Morgan fingerprint density at radius 1 is 1.56 bits per heavy atom. The zero-order valence-electron chi connectivity index (χ0n) is 8.93. The zero-order valence-corrected chi connectivity index (χ0v) is 9.68. The van der Waals surface area contributed by atoms with Crippen molar-refractivity contribution in [3.8, 4) is 0 Å². The van der Waals surface area contributed by atoms with Gasteiger partial charge in [-0.15, -0.1) is 0 Å². The van der Waals surface area contributed by atoms with Gasteiger partial charge >= 0.3 is 0 Å². The lowest BCUT2D eigenvalue weighted by Crippen LogP contribution is -2.48. The molecule has 0 N–H and O–H groups in total. The molecule has 0 radical (unpaired) electrons. The van der Waals surface area contributed by atoms with Crippen LogP contribution in [0.25, 0.3) is 0 Å². The van der Waals surface area contributed by atoms with Gasteiger partial charge in [-0.25, -0.2) is 4.39 Å². The van der Waals surface area contributed by atoms with Crippen molar-refractivity contribution in [3.63, 3.8) is 0 Å². The lowest BCUT2D eigenvalue weighted by Gasteiger charge is -2.41. The molecule has 0 bridgehead atoms. The van der Waals surface area contributed by atoms with Crippen LogP contribution < -0.4 is 0 Å². The van der Waals surface area contributed by atoms with Gasteiger partial charge in [-0.2, -0.15) is 0 Å². The molecule has 1 fully saturated rings. The summed E-state index contributed by atoms with van der Waals surface area (Å²) in [4.78, 5) is 11.2. The van der Waals surface area contributed by atoms with E-state index in [4.69, 9.17) is 16.3 Å². The Balaban J connectivity index is 2.33. The SMILES string of the molecule is CC(=O)CC1(c2ccc(F)c(Cl)c2)COC1. The largest absolute Gasteiger partial charge is 0.379 e. The van der Waals surface area contributed by atoms with Crippen LogP contribution in [0.2, 0.25) is 5.02 Å². The molecule has 0 amide bonds. The molecule has 1 aliphatic heterocycles. The molecule has 1 heterocycles. The van der Waals surface area contributed by atoms with Crippen molar-refractivity contribution >= 4 is 17.4 Å². The quantitative estimate of drug-likeness (QED) is 0.815. The Hall–Kier alpha value is -0.930. The van der Waals surface area contributed by atoms with E-state index < -0.39 is 5.82 Å². The Labute approximate surface area is 98.4 Å². The minimum absolute atomic E-state index is 0.0901. The predicted molar refractivity (Wildman–Crippen MR) is 59.2 cm³/mol. The predicted octanol–water partition coefficient (Wildman–Crippen LogP) is 2.73. The first-order valence-corrected chi connectivity index (χ1v) is 5.44. The van der Waals surface area contributed by atoms with E-state index in [1.807, 2.05) is 0 Å². The summed E-state index contributed by atoms with van der Waals surface area (Å²) in [7, 11) is 0. The highest BCUT2D eigenvalue weighted by molar-refractivity contribution is 6.30. The molecule has 2 rings (SSSR count). The third-order valence-corrected chi connectivity index (χ3v) is 3.17. The van der Waals surface area contributed by atoms with Crippen LogP contribution >= 0.6 is 11.6 Å². The Bertz CT molecular complexity index is 427. The topological polar surface area (TPSA) is 26.3 Å². The molecule has 0 aromatic heterocycles. The molecule has 0 atom stereocenters. The van der Waals surface area contributed by atoms with Crippen molar-refractivity contribution in [2.24, 2.45) is 0 Å². The lowest BCUT2D eigenvalue weighted by atomic mass is 9.75. The van der Waals surface area contributed by atoms with E-state index in [0.717, 1.165) is 5.56 Å². The molecule has 0 spiro atoms. The minimum Gasteiger partial charge on any atom is -0.379 e. The van der Waals surface area contributed by atoms with Gasteiger partial charge in [0.1, 0.15) is 11.6 Å². The average molecular weight is 243 g/mol. The first-order chi connectivity index (χ1) is 7.53. The molecule has 0 aliphatic carbocycles. The molecule has 1 aromatic carbocycles. The van der Waals surface area contributed by atoms with Crippen molar-refractivity contribution in [2.45, 2.75) is 18.8 Å². The van der Waals surface area contributed by atoms with Crippen molar-refractivity contribution in [3.05, 3.63) is 34.6 Å². The second-order valence-corrected chi connectivity index (χ2v) is 4.69. The van der Waals surface area contributed by atoms with Gasteiger partial charge in [-0.05, 0) is 24.6 Å². The minimum atomic E-state index is -0.441. The Morgan fingerprint density at radius 2 is 2.25 bits per heavy atom. The first kappa shape index (κ1) is 11.6. The number of hydrogen-bond acceptors (Lipinski definition) is 2. The average Bonchev–Trinajstić information content (AvgIpc) is 2.16. The fourth-order valence-electron chi connectivity index (χ4n) is 2.02. The number of carbonyl (C=O) groups is 1. The van der Waals surface area contributed by atoms with Gasteiger partial charge in [-0.1, -0.05) is 17.7 Å². The molecule has 2 nitrogen and oxygen atoms in total. The van der Waals surface area contributed by atoms with E-state index in [1.54, 1.807) is 19.1 Å². The summed E-state index contributed by atoms with van der Waals surface area (Å²) in [6.45, 7) is 2.54. The number of ether oxygens (including phenoxy) is 1. The maximum absolute atomic E-state index is 13.0. The molecular weight excluding hydrogens is 231 g/mol. The van der Waals surface area contributed by atoms with E-state index in [2.05, 4.69) is 0 Å². The highest BCUT2D eigenvalue weighted by Crippen LogP contribution is 2.37. The summed E-state index contributed by atoms with van der Waals surface area (Å²) >= 11 is 5.74. The number of carbonyl (C=O) groups excluding carboxylic acids is 1. The van der Waals surface area contributed by atoms with Gasteiger partial charge in [0, 0.05) is 11.8 Å². The molecule has 0 unspecified atom stereocenters. The van der Waals surface area contributed by atoms with Gasteiger partial charge in [0.15, 0.2) is 0 Å². The van der Waals surface area contributed by atoms with E-state index >= 15 is 0 Å². The zero-order chi connectivity index (χ0) is 11.8. The van der Waals surface area contributed by atoms with Crippen molar-refractivity contribution in [2.75, 3.05) is 13.2 Å². The van der Waals surface area contributed by atoms with Crippen molar-refractivity contribution < 1.29 is 13.9 Å². The van der Waals surface area contributed by atoms with Crippen LogP contribution in [0.15, 0.2) is 18.2 Å². The van der Waals surface area contributed by atoms with Crippen LogP contribution in [-0.4, -0.2) is 19.0 Å². The first-order valence-electron chi connectivity index (χ1n) is 5.06. The smallest absolute Gasteiger partial charge is 0.141 e. The standard InChI is InChI=1S/C12H12ClFO2/c1-8(15)5-12(6-16-7-12)9-2-3-11(14)10(13)4-9/h2-4H,5-7H2,1H3. The van der Waals surface area contributed by atoms with Gasteiger partial charge in [0.2, 0.25) is 0 Å². The van der Waals surface area contributed by atoms with E-state index in [-0.39, 0.29) is 16.2 Å². The summed E-state index contributed by atoms with van der Waals surface area (Å²) < 4.78 is 18.2. The fraction of sp³-hybridized carbons (Fsp3) is 0.417. The van der Waals surface area contributed by atoms with Crippen molar-refractivity contribution in [1.82, 2.24) is 0 Å². The van der Waals surface area contributed by atoms with Gasteiger partial charge in [-0.3, -0.25) is 4.79 Å². The molecule has 16 heavy (non-hydrogen) atoms. The number of Topliss-reactive ketones (excluding diaryl/α,β-unsaturated/α-hetero) is 1. The van der Waals surface area contributed by atoms with Crippen LogP contribution in [0, 0.1) is 5.82 Å². The van der Waals surface area contributed by atoms with Crippen LogP contribution in [-0.2, 0) is 14.9 Å². The maximum atomic E-state index is 13.0. The number of benzene rings is 1. The van der Waals surface area contributed by atoms with Crippen LogP contribution in [0.4, 0.5) is 4.39 Å². The summed E-state index contributed by atoms with van der Waals surface area (Å²) in [6, 6.07) is 4.59. The summed E-state index contributed by atoms with van der Waals surface area (Å²) in [5, 5.41) is 0.0901. The fourth-order valence-corrected chi connectivity index (χ4v) is 2.20. The number of ketones is 1. The third kappa shape index (κ3) is 1.97. The van der Waals surface area contributed by atoms with Crippen LogP contribution in [0.5, 0.6) is 0 Å². The normalized spacial score (nSPS) is 17.9. The van der Waals surface area contributed by atoms with E-state index in [1.165, 1.54) is 6.07 Å². The number of halogens is 2. The lowest BCUT2D eigenvalue weighted by molar-refractivity contribution is -0.125. The third-order valence-electron chi connectivity index (χ3n) is 2.88. The summed E-state index contributed by atoms with van der Waals surface area (Å²) in [5.41, 5.74) is 0.573. The summed E-state index contributed by atoms with van der Waals surface area (Å²) in [5.74, 6) is -0.340. The van der Waals surface area contributed by atoms with E-state index in [9.17, 15) is 9.18 Å². The molecule has 1 aliphatic rings. The summed E-state index contributed by atoms with van der Waals surface area (Å²) in [6.07, 6.45) is 0.412. The molecule has 0 saturated carbocycles. The van der Waals surface area contributed by atoms with Crippen molar-refractivity contribution in [1.29, 1.82) is 0 Å². The van der Waals surface area contributed by atoms with Gasteiger partial charge in [0.25, 0.3) is 0 Å². The molecule has 86 valence electrons. The van der Waals surface area contributed by atoms with Crippen LogP contribution in [0.1, 0.15) is 18.9 Å². The second-order valence-electron chi connectivity index (χ2n) is 4.28. The maximum Gasteiger partial charge on any atom is 0.141 e. The number of hydrogen-bond donors (Lipinski definition) is 0. The number of rotatable bonds is 3. The molecule has 1 saturated heterocycles. The monoisotopic (exact) mass is 242 g/mol. The van der Waals surface area contributed by atoms with Crippen LogP contribution in [0.3, 0.4) is 0 Å². The Morgan fingerprint density at radius 3 is 2.69 bits per heavy atom. The highest BCUT2D eigenvalue weighted by Gasteiger charge is 2.41. The van der Waals surface area contributed by atoms with E-state index in [0.29, 0.717) is 19.6 Å². The molecule has 1 aromatic rings. The highest BCUT2D eigenvalue weighted by atomic mass is 35.5. The van der Waals surface area contributed by atoms with Gasteiger partial charge < -0.3 is 4.74 Å². The van der Waals surface area contributed by atoms with Gasteiger partial charge in [0.05, 0.1) is 18.2 Å². The Kier molecular flexibility index (Phi) is 3.00. The molecule has 4 heteroatoms. The molecular formula is C12H12ClFO2. The second kappa shape index (κ2) is 4.15.